The standard InChI is InChI=1S/C25H27ClF3N5O/c1-33(2)22-14-23(32-20-6-4-3-5-18(20)22)31-16-8-10-17(11-9-16)34(24(30)35)21-12-7-15(26)13-19(21)25(27,28)29/h3-7,12-14,16-17H,8-11H2,1-2H3,(H2,30,35)(H,31,32)/t16-,17+. The first-order valence-corrected chi connectivity index (χ1v) is 11.7. The summed E-state index contributed by atoms with van der Waals surface area (Å²) >= 11 is 5.80. The highest BCUT2D eigenvalue weighted by atomic mass is 35.5. The zero-order valence-electron chi connectivity index (χ0n) is 19.4. The van der Waals surface area contributed by atoms with Crippen LogP contribution in [-0.4, -0.2) is 37.2 Å². The van der Waals surface area contributed by atoms with E-state index in [1.54, 1.807) is 0 Å². The lowest BCUT2D eigenvalue weighted by molar-refractivity contribution is -0.137. The Kier molecular flexibility index (Phi) is 6.98. The first-order valence-electron chi connectivity index (χ1n) is 11.3. The minimum Gasteiger partial charge on any atom is -0.377 e. The van der Waals surface area contributed by atoms with Crippen molar-refractivity contribution < 1.29 is 18.0 Å². The predicted molar refractivity (Wildman–Crippen MR) is 134 cm³/mol. The summed E-state index contributed by atoms with van der Waals surface area (Å²) in [6, 6.07) is 12.0. The van der Waals surface area contributed by atoms with Crippen LogP contribution in [-0.2, 0) is 6.18 Å². The lowest BCUT2D eigenvalue weighted by Gasteiger charge is -2.37. The molecule has 1 aliphatic rings. The number of urea groups is 1. The molecule has 1 saturated carbocycles. The van der Waals surface area contributed by atoms with Crippen molar-refractivity contribution in [2.45, 2.75) is 43.9 Å². The number of rotatable bonds is 5. The van der Waals surface area contributed by atoms with Crippen molar-refractivity contribution in [2.75, 3.05) is 29.2 Å². The number of nitrogens with two attached hydrogens (primary N) is 1. The number of hydrogen-bond acceptors (Lipinski definition) is 4. The van der Waals surface area contributed by atoms with E-state index in [1.165, 1.54) is 12.1 Å². The number of hydrogen-bond donors (Lipinski definition) is 2. The molecular weight excluding hydrogens is 479 g/mol. The third-order valence-electron chi connectivity index (χ3n) is 6.35. The van der Waals surface area contributed by atoms with Gasteiger partial charge in [-0.1, -0.05) is 29.8 Å². The Morgan fingerprint density at radius 2 is 1.74 bits per heavy atom. The minimum atomic E-state index is -4.67. The molecule has 3 N–H and O–H groups in total. The maximum Gasteiger partial charge on any atom is 0.418 e. The van der Waals surface area contributed by atoms with Crippen LogP contribution in [0.5, 0.6) is 0 Å². The van der Waals surface area contributed by atoms with Gasteiger partial charge in [-0.05, 0) is 49.9 Å². The highest BCUT2D eigenvalue weighted by Gasteiger charge is 2.38. The molecule has 1 heterocycles. The second-order valence-corrected chi connectivity index (χ2v) is 9.39. The molecule has 0 saturated heterocycles. The van der Waals surface area contributed by atoms with Crippen molar-refractivity contribution in [3.05, 3.63) is 59.1 Å². The largest absolute Gasteiger partial charge is 0.418 e. The number of anilines is 3. The van der Waals surface area contributed by atoms with Gasteiger partial charge in [0.15, 0.2) is 0 Å². The van der Waals surface area contributed by atoms with Crippen LogP contribution in [0.15, 0.2) is 48.5 Å². The number of para-hydroxylation sites is 1. The molecule has 186 valence electrons. The Balaban J connectivity index is 1.52. The fraction of sp³-hybridized carbons (Fsp3) is 0.360. The third-order valence-corrected chi connectivity index (χ3v) is 6.59. The monoisotopic (exact) mass is 505 g/mol. The number of amides is 2. The number of pyridine rings is 1. The zero-order chi connectivity index (χ0) is 25.3. The van der Waals surface area contributed by atoms with Crippen molar-refractivity contribution in [3.8, 4) is 0 Å². The molecule has 4 rings (SSSR count). The van der Waals surface area contributed by atoms with Gasteiger partial charge in [0.25, 0.3) is 0 Å². The molecular formula is C25H27ClF3N5O. The molecule has 35 heavy (non-hydrogen) atoms. The number of alkyl halides is 3. The summed E-state index contributed by atoms with van der Waals surface area (Å²) < 4.78 is 41.0. The van der Waals surface area contributed by atoms with Crippen LogP contribution in [0, 0.1) is 0 Å². The molecule has 1 fully saturated rings. The molecule has 6 nitrogen and oxygen atoms in total. The average Bonchev–Trinajstić information content (AvgIpc) is 2.80. The Labute approximate surface area is 206 Å². The van der Waals surface area contributed by atoms with E-state index in [-0.39, 0.29) is 16.8 Å². The number of fused-ring (bicyclic) bond motifs is 1. The summed E-state index contributed by atoms with van der Waals surface area (Å²) in [7, 11) is 3.95. The van der Waals surface area contributed by atoms with E-state index >= 15 is 0 Å². The van der Waals surface area contributed by atoms with Crippen LogP contribution < -0.4 is 20.9 Å². The smallest absolute Gasteiger partial charge is 0.377 e. The average molecular weight is 506 g/mol. The quantitative estimate of drug-likeness (QED) is 0.428. The Bertz CT molecular complexity index is 1230. The van der Waals surface area contributed by atoms with Gasteiger partial charge in [-0.25, -0.2) is 9.78 Å². The van der Waals surface area contributed by atoms with E-state index in [0.717, 1.165) is 33.4 Å². The number of carbonyl (C=O) groups excluding carboxylic acids is 1. The first kappa shape index (κ1) is 24.9. The van der Waals surface area contributed by atoms with Crippen LogP contribution in [0.2, 0.25) is 5.02 Å². The summed E-state index contributed by atoms with van der Waals surface area (Å²) in [5.74, 6) is 0.736. The van der Waals surface area contributed by atoms with Crippen molar-refractivity contribution in [1.29, 1.82) is 0 Å². The molecule has 0 aliphatic heterocycles. The maximum atomic E-state index is 13.7. The highest BCUT2D eigenvalue weighted by molar-refractivity contribution is 6.30. The molecule has 1 aliphatic carbocycles. The van der Waals surface area contributed by atoms with Gasteiger partial charge < -0.3 is 16.0 Å². The molecule has 3 aromatic rings. The van der Waals surface area contributed by atoms with Crippen molar-refractivity contribution in [3.63, 3.8) is 0 Å². The van der Waals surface area contributed by atoms with Gasteiger partial charge >= 0.3 is 12.2 Å². The van der Waals surface area contributed by atoms with Crippen LogP contribution in [0.25, 0.3) is 10.9 Å². The molecule has 0 unspecified atom stereocenters. The summed E-state index contributed by atoms with van der Waals surface area (Å²) in [5.41, 5.74) is 6.23. The lowest BCUT2D eigenvalue weighted by Crippen LogP contribution is -2.47. The number of benzene rings is 2. The van der Waals surface area contributed by atoms with Crippen molar-refractivity contribution >= 4 is 45.7 Å². The summed E-state index contributed by atoms with van der Waals surface area (Å²) in [6.45, 7) is 0. The van der Waals surface area contributed by atoms with Crippen molar-refractivity contribution in [2.24, 2.45) is 5.73 Å². The Hall–Kier alpha value is -3.20. The highest BCUT2D eigenvalue weighted by Crippen LogP contribution is 2.40. The normalized spacial score (nSPS) is 18.3. The van der Waals surface area contributed by atoms with E-state index in [9.17, 15) is 18.0 Å². The summed E-state index contributed by atoms with van der Waals surface area (Å²) in [5, 5.41) is 4.46. The van der Waals surface area contributed by atoms with E-state index in [0.29, 0.717) is 25.7 Å². The van der Waals surface area contributed by atoms with Crippen LogP contribution in [0.4, 0.5) is 35.2 Å². The second-order valence-electron chi connectivity index (χ2n) is 8.96. The first-order chi connectivity index (χ1) is 16.5. The third kappa shape index (κ3) is 5.40. The van der Waals surface area contributed by atoms with Gasteiger partial charge in [0, 0.05) is 48.3 Å². The van der Waals surface area contributed by atoms with Gasteiger partial charge in [-0.2, -0.15) is 13.2 Å². The molecule has 2 aromatic carbocycles. The van der Waals surface area contributed by atoms with Crippen LogP contribution in [0.3, 0.4) is 0 Å². The van der Waals surface area contributed by atoms with Crippen molar-refractivity contribution in [1.82, 2.24) is 4.98 Å². The van der Waals surface area contributed by atoms with Crippen LogP contribution >= 0.6 is 11.6 Å². The van der Waals surface area contributed by atoms with Gasteiger partial charge in [0.2, 0.25) is 0 Å². The molecule has 2 amide bonds. The molecule has 1 aromatic heterocycles. The van der Waals surface area contributed by atoms with Crippen LogP contribution in [0.1, 0.15) is 31.2 Å². The maximum absolute atomic E-state index is 13.7. The van der Waals surface area contributed by atoms with Gasteiger partial charge in [-0.15, -0.1) is 0 Å². The van der Waals surface area contributed by atoms with E-state index in [4.69, 9.17) is 22.3 Å². The van der Waals surface area contributed by atoms with Gasteiger partial charge in [0.1, 0.15) is 5.82 Å². The van der Waals surface area contributed by atoms with E-state index < -0.39 is 23.8 Å². The SMILES string of the molecule is CN(C)c1cc(N[C@H]2CC[C@@H](N(C(N)=O)c3ccc(Cl)cc3C(F)(F)F)CC2)nc2ccccc12. The summed E-state index contributed by atoms with van der Waals surface area (Å²) in [4.78, 5) is 20.1. The number of aromatic nitrogens is 1. The zero-order valence-corrected chi connectivity index (χ0v) is 20.2. The minimum absolute atomic E-state index is 0.0571. The fourth-order valence-electron chi connectivity index (χ4n) is 4.73. The molecule has 0 bridgehead atoms. The number of nitrogens with one attached hydrogen (secondary N) is 1. The predicted octanol–water partition coefficient (Wildman–Crippen LogP) is 6.28. The Morgan fingerprint density at radius 3 is 2.37 bits per heavy atom. The van der Waals surface area contributed by atoms with E-state index in [2.05, 4.69) is 5.32 Å². The topological polar surface area (TPSA) is 74.5 Å². The molecule has 10 heteroatoms. The number of halogens is 4. The fourth-order valence-corrected chi connectivity index (χ4v) is 4.90. The molecule has 0 radical (unpaired) electrons. The molecule has 0 atom stereocenters. The number of primary amides is 1. The van der Waals surface area contributed by atoms with E-state index in [1.807, 2.05) is 49.3 Å². The van der Waals surface area contributed by atoms with Gasteiger partial charge in [-0.3, -0.25) is 4.90 Å². The number of nitrogens with zero attached hydrogens (tertiary/aromatic N) is 3. The lowest BCUT2D eigenvalue weighted by atomic mass is 9.89. The summed E-state index contributed by atoms with van der Waals surface area (Å²) in [6.07, 6.45) is -2.38. The van der Waals surface area contributed by atoms with Gasteiger partial charge in [0.05, 0.1) is 16.8 Å². The molecule has 0 spiro atoms. The Morgan fingerprint density at radius 1 is 1.06 bits per heavy atom. The number of carbonyl (C=O) groups is 1. The second kappa shape index (κ2) is 9.81.